The number of para-hydroxylation sites is 1. The minimum Gasteiger partial charge on any atom is -0.311 e. The molecular formula is C15H17FN2. The van der Waals surface area contributed by atoms with Crippen LogP contribution in [0.2, 0.25) is 0 Å². The lowest BCUT2D eigenvalue weighted by Gasteiger charge is -2.27. The van der Waals surface area contributed by atoms with E-state index in [0.29, 0.717) is 5.56 Å². The summed E-state index contributed by atoms with van der Waals surface area (Å²) in [5.41, 5.74) is 1.51. The zero-order valence-corrected chi connectivity index (χ0v) is 10.3. The summed E-state index contributed by atoms with van der Waals surface area (Å²) in [4.78, 5) is 4.33. The van der Waals surface area contributed by atoms with Gasteiger partial charge in [0.1, 0.15) is 6.17 Å². The van der Waals surface area contributed by atoms with Crippen LogP contribution in [-0.4, -0.2) is 17.6 Å². The molecular weight excluding hydrogens is 227 g/mol. The maximum Gasteiger partial charge on any atom is 0.142 e. The van der Waals surface area contributed by atoms with Gasteiger partial charge in [-0.1, -0.05) is 30.7 Å². The summed E-state index contributed by atoms with van der Waals surface area (Å²) in [6.07, 6.45) is 3.92. The predicted molar refractivity (Wildman–Crippen MR) is 71.2 cm³/mol. The van der Waals surface area contributed by atoms with Gasteiger partial charge in [0.25, 0.3) is 0 Å². The van der Waals surface area contributed by atoms with Crippen LogP contribution >= 0.6 is 0 Å². The quantitative estimate of drug-likeness (QED) is 0.876. The Bertz CT molecular complexity index is 530. The van der Waals surface area contributed by atoms with Crippen LogP contribution in [0.3, 0.4) is 0 Å². The average molecular weight is 244 g/mol. The van der Waals surface area contributed by atoms with Crippen LogP contribution < -0.4 is 5.32 Å². The van der Waals surface area contributed by atoms with Crippen molar-refractivity contribution in [3.8, 4) is 0 Å². The number of nitrogens with zero attached hydrogens (tertiary/aromatic N) is 1. The molecule has 1 fully saturated rings. The van der Waals surface area contributed by atoms with Gasteiger partial charge in [0.2, 0.25) is 0 Å². The minimum absolute atomic E-state index is 0.0636. The van der Waals surface area contributed by atoms with Crippen LogP contribution in [0.1, 0.15) is 31.0 Å². The van der Waals surface area contributed by atoms with Crippen LogP contribution in [0.25, 0.3) is 10.9 Å². The van der Waals surface area contributed by atoms with Crippen LogP contribution in [0.4, 0.5) is 4.39 Å². The van der Waals surface area contributed by atoms with Crippen molar-refractivity contribution in [1.29, 1.82) is 0 Å². The number of aromatic nitrogens is 1. The third kappa shape index (κ3) is 2.10. The molecule has 3 heteroatoms. The van der Waals surface area contributed by atoms with E-state index in [-0.39, 0.29) is 6.04 Å². The molecule has 0 bridgehead atoms. The molecule has 1 aromatic heterocycles. The number of pyridine rings is 1. The van der Waals surface area contributed by atoms with E-state index in [1.807, 2.05) is 30.3 Å². The topological polar surface area (TPSA) is 24.9 Å². The van der Waals surface area contributed by atoms with Crippen LogP contribution in [0.15, 0.2) is 36.5 Å². The number of nitrogens with one attached hydrogen (secondary N) is 1. The SMILES string of the molecule is FC(c1cccc2cccnc12)C1CCCCN1. The molecule has 2 nitrogen and oxygen atoms in total. The van der Waals surface area contributed by atoms with Crippen molar-refractivity contribution in [1.82, 2.24) is 10.3 Å². The van der Waals surface area contributed by atoms with Gasteiger partial charge < -0.3 is 5.32 Å². The minimum atomic E-state index is -0.969. The van der Waals surface area contributed by atoms with E-state index in [1.165, 1.54) is 0 Å². The van der Waals surface area contributed by atoms with E-state index in [1.54, 1.807) is 6.20 Å². The first-order valence-corrected chi connectivity index (χ1v) is 6.57. The summed E-state index contributed by atoms with van der Waals surface area (Å²) in [5, 5.41) is 4.29. The molecule has 2 heterocycles. The number of halogens is 1. The molecule has 0 saturated carbocycles. The van der Waals surface area contributed by atoms with Crippen molar-refractivity contribution in [3.05, 3.63) is 42.1 Å². The molecule has 2 unspecified atom stereocenters. The number of hydrogen-bond donors (Lipinski definition) is 1. The summed E-state index contributed by atoms with van der Waals surface area (Å²) >= 11 is 0. The van der Waals surface area contributed by atoms with Crippen molar-refractivity contribution < 1.29 is 4.39 Å². The lowest BCUT2D eigenvalue weighted by molar-refractivity contribution is 0.222. The molecule has 18 heavy (non-hydrogen) atoms. The lowest BCUT2D eigenvalue weighted by atomic mass is 9.94. The fourth-order valence-electron chi connectivity index (χ4n) is 2.70. The second-order valence-corrected chi connectivity index (χ2v) is 4.88. The Hall–Kier alpha value is -1.48. The summed E-state index contributed by atoms with van der Waals surface area (Å²) in [6, 6.07) is 9.55. The van der Waals surface area contributed by atoms with Gasteiger partial charge in [0.05, 0.1) is 5.52 Å². The number of fused-ring (bicyclic) bond motifs is 1. The monoisotopic (exact) mass is 244 g/mol. The highest BCUT2D eigenvalue weighted by atomic mass is 19.1. The number of piperidine rings is 1. The highest BCUT2D eigenvalue weighted by Crippen LogP contribution is 2.30. The van der Waals surface area contributed by atoms with Crippen molar-refractivity contribution >= 4 is 10.9 Å². The molecule has 1 aliphatic heterocycles. The Labute approximate surface area is 106 Å². The third-order valence-corrected chi connectivity index (χ3v) is 3.66. The molecule has 2 aromatic rings. The normalized spacial score (nSPS) is 21.9. The summed E-state index contributed by atoms with van der Waals surface area (Å²) in [6.45, 7) is 0.920. The molecule has 3 rings (SSSR count). The van der Waals surface area contributed by atoms with Gasteiger partial charge >= 0.3 is 0 Å². The second kappa shape index (κ2) is 5.02. The smallest absolute Gasteiger partial charge is 0.142 e. The molecule has 2 atom stereocenters. The van der Waals surface area contributed by atoms with Gasteiger partial charge in [-0.05, 0) is 25.5 Å². The molecule has 1 aromatic carbocycles. The number of alkyl halides is 1. The van der Waals surface area contributed by atoms with Crippen molar-refractivity contribution in [2.45, 2.75) is 31.5 Å². The largest absolute Gasteiger partial charge is 0.311 e. The van der Waals surface area contributed by atoms with Crippen LogP contribution in [0.5, 0.6) is 0 Å². The zero-order chi connectivity index (χ0) is 12.4. The first kappa shape index (κ1) is 11.6. The standard InChI is InChI=1S/C15H17FN2/c16-14(13-8-1-2-9-17-13)12-7-3-5-11-6-4-10-18-15(11)12/h3-7,10,13-14,17H,1-2,8-9H2. The third-order valence-electron chi connectivity index (χ3n) is 3.66. The number of rotatable bonds is 2. The van der Waals surface area contributed by atoms with E-state index in [0.717, 1.165) is 36.7 Å². The highest BCUT2D eigenvalue weighted by molar-refractivity contribution is 5.81. The molecule has 1 aliphatic rings. The lowest BCUT2D eigenvalue weighted by Crippen LogP contribution is -2.37. The molecule has 0 spiro atoms. The zero-order valence-electron chi connectivity index (χ0n) is 10.3. The van der Waals surface area contributed by atoms with Crippen molar-refractivity contribution in [2.75, 3.05) is 6.54 Å². The maximum absolute atomic E-state index is 14.6. The fraction of sp³-hybridized carbons (Fsp3) is 0.400. The summed E-state index contributed by atoms with van der Waals surface area (Å²) in [7, 11) is 0. The van der Waals surface area contributed by atoms with E-state index in [9.17, 15) is 4.39 Å². The van der Waals surface area contributed by atoms with Gasteiger partial charge in [0.15, 0.2) is 0 Å². The molecule has 0 amide bonds. The van der Waals surface area contributed by atoms with Gasteiger partial charge in [-0.15, -0.1) is 0 Å². The van der Waals surface area contributed by atoms with Crippen LogP contribution in [-0.2, 0) is 0 Å². The average Bonchev–Trinajstić information content (AvgIpc) is 2.47. The maximum atomic E-state index is 14.6. The van der Waals surface area contributed by atoms with Crippen molar-refractivity contribution in [3.63, 3.8) is 0 Å². The molecule has 0 aliphatic carbocycles. The Kier molecular flexibility index (Phi) is 3.24. The van der Waals surface area contributed by atoms with Gasteiger partial charge in [-0.3, -0.25) is 4.98 Å². The molecule has 1 saturated heterocycles. The second-order valence-electron chi connectivity index (χ2n) is 4.88. The van der Waals surface area contributed by atoms with E-state index >= 15 is 0 Å². The van der Waals surface area contributed by atoms with Crippen molar-refractivity contribution in [2.24, 2.45) is 0 Å². The Morgan fingerprint density at radius 3 is 2.94 bits per heavy atom. The van der Waals surface area contributed by atoms with E-state index in [4.69, 9.17) is 0 Å². The molecule has 94 valence electrons. The fourth-order valence-corrected chi connectivity index (χ4v) is 2.70. The van der Waals surface area contributed by atoms with E-state index < -0.39 is 6.17 Å². The van der Waals surface area contributed by atoms with Gasteiger partial charge in [-0.25, -0.2) is 4.39 Å². The number of hydrogen-bond acceptors (Lipinski definition) is 2. The molecule has 1 N–H and O–H groups in total. The Morgan fingerprint density at radius 2 is 2.11 bits per heavy atom. The Morgan fingerprint density at radius 1 is 1.22 bits per heavy atom. The van der Waals surface area contributed by atoms with Crippen LogP contribution in [0, 0.1) is 0 Å². The summed E-state index contributed by atoms with van der Waals surface area (Å²) < 4.78 is 14.6. The van der Waals surface area contributed by atoms with Gasteiger partial charge in [-0.2, -0.15) is 0 Å². The summed E-state index contributed by atoms with van der Waals surface area (Å²) in [5.74, 6) is 0. The first-order chi connectivity index (χ1) is 8.86. The van der Waals surface area contributed by atoms with Gasteiger partial charge in [0, 0.05) is 23.2 Å². The first-order valence-electron chi connectivity index (χ1n) is 6.57. The number of benzene rings is 1. The predicted octanol–water partition coefficient (Wildman–Crippen LogP) is 3.39. The van der Waals surface area contributed by atoms with E-state index in [2.05, 4.69) is 10.3 Å². The highest BCUT2D eigenvalue weighted by Gasteiger charge is 2.25. The molecule has 0 radical (unpaired) electrons. The Balaban J connectivity index is 1.97.